The van der Waals surface area contributed by atoms with Gasteiger partial charge >= 0.3 is 11.8 Å². The van der Waals surface area contributed by atoms with Crippen LogP contribution in [0.25, 0.3) is 11.1 Å². The highest BCUT2D eigenvalue weighted by Crippen LogP contribution is 2.30. The standard InChI is InChI=1S/C24H29N3O3/c1-26-21-11-10-20(17-22(21)30-24(26)29)19-12-15-27(16-13-19)23(28)25-14-6-5-9-18-7-3-2-4-8-18/h2-4,7-8,10-11,17,19H,5-6,9,12-16H2,1H3,(H,25,28). The van der Waals surface area contributed by atoms with Crippen molar-refractivity contribution in [3.8, 4) is 0 Å². The number of hydrogen-bond donors (Lipinski definition) is 1. The van der Waals surface area contributed by atoms with E-state index in [0.717, 1.165) is 57.3 Å². The number of aromatic nitrogens is 1. The number of hydrogen-bond acceptors (Lipinski definition) is 3. The first kappa shape index (κ1) is 20.3. The lowest BCUT2D eigenvalue weighted by Gasteiger charge is -2.32. The zero-order valence-electron chi connectivity index (χ0n) is 17.5. The number of piperidine rings is 1. The molecule has 0 radical (unpaired) electrons. The predicted molar refractivity (Wildman–Crippen MR) is 118 cm³/mol. The molecule has 0 atom stereocenters. The van der Waals surface area contributed by atoms with Crippen molar-refractivity contribution in [1.29, 1.82) is 0 Å². The van der Waals surface area contributed by atoms with Crippen LogP contribution in [0.5, 0.6) is 0 Å². The van der Waals surface area contributed by atoms with Crippen LogP contribution in [0.4, 0.5) is 4.79 Å². The maximum Gasteiger partial charge on any atom is 0.419 e. The monoisotopic (exact) mass is 407 g/mol. The number of nitrogens with zero attached hydrogens (tertiary/aromatic N) is 2. The molecule has 1 N–H and O–H groups in total. The molecular formula is C24H29N3O3. The highest BCUT2D eigenvalue weighted by atomic mass is 16.4. The maximum atomic E-state index is 12.5. The molecule has 1 fully saturated rings. The van der Waals surface area contributed by atoms with Crippen LogP contribution in [0.3, 0.4) is 0 Å². The number of unbranched alkanes of at least 4 members (excludes halogenated alkanes) is 1. The van der Waals surface area contributed by atoms with Gasteiger partial charge in [-0.1, -0.05) is 36.4 Å². The lowest BCUT2D eigenvalue weighted by molar-refractivity contribution is 0.181. The number of urea groups is 1. The number of likely N-dealkylation sites (tertiary alicyclic amines) is 1. The molecule has 2 heterocycles. The van der Waals surface area contributed by atoms with Crippen LogP contribution in [0, 0.1) is 0 Å². The van der Waals surface area contributed by atoms with E-state index in [9.17, 15) is 9.59 Å². The topological polar surface area (TPSA) is 67.5 Å². The minimum Gasteiger partial charge on any atom is -0.408 e. The molecule has 0 spiro atoms. The highest BCUT2D eigenvalue weighted by Gasteiger charge is 2.24. The van der Waals surface area contributed by atoms with Crippen molar-refractivity contribution in [2.75, 3.05) is 19.6 Å². The summed E-state index contributed by atoms with van der Waals surface area (Å²) in [5.41, 5.74) is 3.97. The summed E-state index contributed by atoms with van der Waals surface area (Å²) < 4.78 is 6.83. The summed E-state index contributed by atoms with van der Waals surface area (Å²) in [6.07, 6.45) is 4.95. The number of aryl methyl sites for hydroxylation is 2. The zero-order valence-corrected chi connectivity index (χ0v) is 17.5. The summed E-state index contributed by atoms with van der Waals surface area (Å²) in [5, 5.41) is 3.06. The molecule has 4 rings (SSSR count). The molecule has 0 bridgehead atoms. The summed E-state index contributed by atoms with van der Waals surface area (Å²) in [6, 6.07) is 16.5. The molecule has 0 unspecified atom stereocenters. The molecule has 1 aromatic heterocycles. The molecule has 3 aromatic rings. The van der Waals surface area contributed by atoms with Gasteiger partial charge in [0.25, 0.3) is 0 Å². The normalized spacial score (nSPS) is 14.9. The molecule has 6 heteroatoms. The lowest BCUT2D eigenvalue weighted by atomic mass is 9.89. The summed E-state index contributed by atoms with van der Waals surface area (Å²) >= 11 is 0. The first-order valence-electron chi connectivity index (χ1n) is 10.8. The molecule has 0 aliphatic carbocycles. The van der Waals surface area contributed by atoms with Gasteiger partial charge in [-0.05, 0) is 61.3 Å². The fourth-order valence-corrected chi connectivity index (χ4v) is 4.23. The Labute approximate surface area is 176 Å². The zero-order chi connectivity index (χ0) is 20.9. The van der Waals surface area contributed by atoms with Crippen LogP contribution < -0.4 is 11.1 Å². The summed E-state index contributed by atoms with van der Waals surface area (Å²) in [6.45, 7) is 2.21. The van der Waals surface area contributed by atoms with Gasteiger partial charge in [0.15, 0.2) is 5.58 Å². The quantitative estimate of drug-likeness (QED) is 0.627. The van der Waals surface area contributed by atoms with Gasteiger partial charge < -0.3 is 14.6 Å². The van der Waals surface area contributed by atoms with E-state index in [1.165, 1.54) is 15.7 Å². The lowest BCUT2D eigenvalue weighted by Crippen LogP contribution is -2.44. The van der Waals surface area contributed by atoms with E-state index in [1.807, 2.05) is 23.1 Å². The average Bonchev–Trinajstić information content (AvgIpc) is 3.07. The van der Waals surface area contributed by atoms with Crippen molar-refractivity contribution in [3.05, 3.63) is 70.2 Å². The minimum absolute atomic E-state index is 0.0395. The molecule has 1 aliphatic rings. The van der Waals surface area contributed by atoms with E-state index in [4.69, 9.17) is 4.42 Å². The van der Waals surface area contributed by atoms with Crippen molar-refractivity contribution >= 4 is 17.1 Å². The average molecular weight is 408 g/mol. The second-order valence-electron chi connectivity index (χ2n) is 8.09. The smallest absolute Gasteiger partial charge is 0.408 e. The molecule has 1 aliphatic heterocycles. The van der Waals surface area contributed by atoms with Gasteiger partial charge in [0.05, 0.1) is 5.52 Å². The van der Waals surface area contributed by atoms with Gasteiger partial charge in [0, 0.05) is 26.7 Å². The number of nitrogens with one attached hydrogen (secondary N) is 1. The van der Waals surface area contributed by atoms with Gasteiger partial charge in [-0.25, -0.2) is 9.59 Å². The summed E-state index contributed by atoms with van der Waals surface area (Å²) in [7, 11) is 1.71. The predicted octanol–water partition coefficient (Wildman–Crippen LogP) is 4.04. The number of rotatable bonds is 6. The van der Waals surface area contributed by atoms with Gasteiger partial charge in [0.1, 0.15) is 0 Å². The van der Waals surface area contributed by atoms with Crippen molar-refractivity contribution in [2.24, 2.45) is 7.05 Å². The van der Waals surface area contributed by atoms with Gasteiger partial charge in [-0.3, -0.25) is 4.57 Å². The number of carbonyl (C=O) groups excluding carboxylic acids is 1. The van der Waals surface area contributed by atoms with Crippen molar-refractivity contribution in [2.45, 2.75) is 38.0 Å². The van der Waals surface area contributed by atoms with Crippen LogP contribution in [0.2, 0.25) is 0 Å². The van der Waals surface area contributed by atoms with E-state index in [-0.39, 0.29) is 11.8 Å². The van der Waals surface area contributed by atoms with Crippen LogP contribution in [-0.4, -0.2) is 35.1 Å². The van der Waals surface area contributed by atoms with E-state index in [2.05, 4.69) is 35.6 Å². The third-order valence-electron chi connectivity index (χ3n) is 6.08. The fourth-order valence-electron chi connectivity index (χ4n) is 4.23. The maximum absolute atomic E-state index is 12.5. The highest BCUT2D eigenvalue weighted by molar-refractivity contribution is 5.75. The van der Waals surface area contributed by atoms with Crippen molar-refractivity contribution in [3.63, 3.8) is 0 Å². The number of oxazole rings is 1. The Morgan fingerprint density at radius 1 is 1.10 bits per heavy atom. The summed E-state index contributed by atoms with van der Waals surface area (Å²) in [5.74, 6) is 0.0484. The number of amides is 2. The molecule has 30 heavy (non-hydrogen) atoms. The van der Waals surface area contributed by atoms with Gasteiger partial charge in [0.2, 0.25) is 0 Å². The van der Waals surface area contributed by atoms with Crippen LogP contribution in [0.15, 0.2) is 57.7 Å². The Morgan fingerprint density at radius 2 is 1.87 bits per heavy atom. The van der Waals surface area contributed by atoms with E-state index < -0.39 is 0 Å². The largest absolute Gasteiger partial charge is 0.419 e. The minimum atomic E-state index is -0.336. The summed E-state index contributed by atoms with van der Waals surface area (Å²) in [4.78, 5) is 26.1. The van der Waals surface area contributed by atoms with Crippen molar-refractivity contribution < 1.29 is 9.21 Å². The second kappa shape index (κ2) is 9.20. The molecule has 2 amide bonds. The first-order chi connectivity index (χ1) is 14.6. The first-order valence-corrected chi connectivity index (χ1v) is 10.8. The van der Waals surface area contributed by atoms with Crippen LogP contribution in [-0.2, 0) is 13.5 Å². The van der Waals surface area contributed by atoms with Crippen LogP contribution in [0.1, 0.15) is 42.7 Å². The molecule has 0 saturated carbocycles. The van der Waals surface area contributed by atoms with Crippen molar-refractivity contribution in [1.82, 2.24) is 14.8 Å². The van der Waals surface area contributed by atoms with Crippen LogP contribution >= 0.6 is 0 Å². The van der Waals surface area contributed by atoms with E-state index in [0.29, 0.717) is 11.5 Å². The molecule has 6 nitrogen and oxygen atoms in total. The fraction of sp³-hybridized carbons (Fsp3) is 0.417. The number of fused-ring (bicyclic) bond motifs is 1. The molecule has 2 aromatic carbocycles. The third-order valence-corrected chi connectivity index (χ3v) is 6.08. The van der Waals surface area contributed by atoms with Gasteiger partial charge in [-0.15, -0.1) is 0 Å². The number of carbonyl (C=O) groups is 1. The Balaban J connectivity index is 1.21. The Bertz CT molecular complexity index is 1050. The number of benzene rings is 2. The SMILES string of the molecule is Cn1c(=O)oc2cc(C3CCN(C(=O)NCCCCc4ccccc4)CC3)ccc21. The Kier molecular flexibility index (Phi) is 6.21. The van der Waals surface area contributed by atoms with Gasteiger partial charge in [-0.2, -0.15) is 0 Å². The third kappa shape index (κ3) is 4.58. The Morgan fingerprint density at radius 3 is 2.63 bits per heavy atom. The Hall–Kier alpha value is -3.02. The molecule has 1 saturated heterocycles. The molecular weight excluding hydrogens is 378 g/mol. The van der Waals surface area contributed by atoms with E-state index in [1.54, 1.807) is 7.05 Å². The molecule has 158 valence electrons. The van der Waals surface area contributed by atoms with E-state index >= 15 is 0 Å². The second-order valence-corrected chi connectivity index (χ2v) is 8.09.